The first-order valence-corrected chi connectivity index (χ1v) is 7.91. The molecule has 126 valence electrons. The number of benzene rings is 1. The van der Waals surface area contributed by atoms with Gasteiger partial charge in [0.25, 0.3) is 0 Å². The van der Waals surface area contributed by atoms with Gasteiger partial charge < -0.3 is 19.5 Å². The highest BCUT2D eigenvalue weighted by Crippen LogP contribution is 2.26. The summed E-state index contributed by atoms with van der Waals surface area (Å²) >= 11 is 0. The molecule has 1 aromatic rings. The van der Waals surface area contributed by atoms with Crippen LogP contribution in [-0.2, 0) is 9.53 Å². The molecule has 1 aliphatic heterocycles. The molecule has 2 fully saturated rings. The molecule has 1 unspecified atom stereocenters. The van der Waals surface area contributed by atoms with Gasteiger partial charge in [-0.3, -0.25) is 4.79 Å². The molecule has 6 heteroatoms. The van der Waals surface area contributed by atoms with Crippen molar-refractivity contribution >= 4 is 11.9 Å². The fourth-order valence-corrected chi connectivity index (χ4v) is 2.39. The number of cyclic esters (lactones) is 1. The van der Waals surface area contributed by atoms with Gasteiger partial charge in [-0.25, -0.2) is 4.79 Å². The van der Waals surface area contributed by atoms with E-state index in [0.29, 0.717) is 30.4 Å². The normalized spacial score (nSPS) is 20.0. The fourth-order valence-electron chi connectivity index (χ4n) is 2.39. The second-order valence-corrected chi connectivity index (χ2v) is 5.47. The van der Waals surface area contributed by atoms with Crippen LogP contribution in [0.5, 0.6) is 11.5 Å². The first kappa shape index (κ1) is 17.1. The average Bonchev–Trinajstić information content (AvgIpc) is 3.00. The maximum atomic E-state index is 10.8. The fraction of sp³-hybridized carbons (Fsp3) is 0.529. The molecular formula is C17H23NO5. The van der Waals surface area contributed by atoms with Gasteiger partial charge in [0.15, 0.2) is 17.6 Å². The predicted molar refractivity (Wildman–Crippen MR) is 84.9 cm³/mol. The third kappa shape index (κ3) is 5.81. The average molecular weight is 321 g/mol. The van der Waals surface area contributed by atoms with Crippen molar-refractivity contribution in [2.75, 3.05) is 20.3 Å². The lowest BCUT2D eigenvalue weighted by atomic mass is 10.00. The zero-order chi connectivity index (χ0) is 16.5. The second kappa shape index (κ2) is 9.02. The number of hydrogen-bond donors (Lipinski definition) is 1. The topological polar surface area (TPSA) is 73.9 Å². The Bertz CT molecular complexity index is 523. The van der Waals surface area contributed by atoms with E-state index in [2.05, 4.69) is 5.32 Å². The number of rotatable bonds is 4. The van der Waals surface area contributed by atoms with E-state index in [1.54, 1.807) is 7.11 Å². The molecule has 6 nitrogen and oxygen atoms in total. The lowest BCUT2D eigenvalue weighted by Crippen LogP contribution is -2.22. The molecule has 0 aromatic heterocycles. The molecule has 0 bridgehead atoms. The first-order chi connectivity index (χ1) is 11.2. The summed E-state index contributed by atoms with van der Waals surface area (Å²) in [5.74, 6) is 1.78. The van der Waals surface area contributed by atoms with Gasteiger partial charge in [-0.1, -0.05) is 18.6 Å². The van der Waals surface area contributed by atoms with Gasteiger partial charge in [-0.2, -0.15) is 0 Å². The molecule has 1 heterocycles. The van der Waals surface area contributed by atoms with Crippen LogP contribution in [0.15, 0.2) is 24.3 Å². The molecule has 0 radical (unpaired) electrons. The van der Waals surface area contributed by atoms with Crippen molar-refractivity contribution in [1.29, 1.82) is 0 Å². The van der Waals surface area contributed by atoms with Gasteiger partial charge in [-0.05, 0) is 25.0 Å². The van der Waals surface area contributed by atoms with E-state index < -0.39 is 6.09 Å². The summed E-state index contributed by atoms with van der Waals surface area (Å²) in [6.07, 6.45) is 4.61. The van der Waals surface area contributed by atoms with Crippen LogP contribution >= 0.6 is 0 Å². The molecule has 1 amide bonds. The minimum atomic E-state index is -0.395. The minimum Gasteiger partial charge on any atom is -0.493 e. The second-order valence-electron chi connectivity index (χ2n) is 5.47. The highest BCUT2D eigenvalue weighted by atomic mass is 16.6. The maximum absolute atomic E-state index is 10.8. The van der Waals surface area contributed by atoms with Crippen LogP contribution < -0.4 is 14.8 Å². The van der Waals surface area contributed by atoms with Gasteiger partial charge in [-0.15, -0.1) is 0 Å². The van der Waals surface area contributed by atoms with Crippen molar-refractivity contribution in [3.63, 3.8) is 0 Å². The van der Waals surface area contributed by atoms with Gasteiger partial charge in [0.2, 0.25) is 0 Å². The Balaban J connectivity index is 0.000000229. The number of carbonyl (C=O) groups excluding carboxylic acids is 2. The first-order valence-electron chi connectivity index (χ1n) is 7.91. The van der Waals surface area contributed by atoms with E-state index in [4.69, 9.17) is 14.2 Å². The largest absolute Gasteiger partial charge is 0.493 e. The third-order valence-corrected chi connectivity index (χ3v) is 3.65. The van der Waals surface area contributed by atoms with Crippen LogP contribution in [0.25, 0.3) is 0 Å². The molecule has 1 N–H and O–H groups in total. The number of nitrogens with one attached hydrogen (secondary N) is 1. The molecule has 1 atom stereocenters. The Morgan fingerprint density at radius 1 is 1.13 bits per heavy atom. The number of hydrogen-bond acceptors (Lipinski definition) is 5. The minimum absolute atomic E-state index is 0.239. The number of carbonyl (C=O) groups is 2. The van der Waals surface area contributed by atoms with Gasteiger partial charge in [0.1, 0.15) is 12.4 Å². The van der Waals surface area contributed by atoms with Crippen molar-refractivity contribution in [2.45, 2.75) is 38.2 Å². The number of para-hydroxylation sites is 2. The quantitative estimate of drug-likeness (QED) is 0.923. The lowest BCUT2D eigenvalue weighted by molar-refractivity contribution is -0.120. The Hall–Kier alpha value is -2.24. The van der Waals surface area contributed by atoms with E-state index in [9.17, 15) is 9.59 Å². The van der Waals surface area contributed by atoms with Crippen molar-refractivity contribution in [2.24, 2.45) is 0 Å². The highest BCUT2D eigenvalue weighted by Gasteiger charge is 2.23. The molecule has 1 aromatic carbocycles. The third-order valence-electron chi connectivity index (χ3n) is 3.65. The van der Waals surface area contributed by atoms with Gasteiger partial charge in [0, 0.05) is 12.8 Å². The van der Waals surface area contributed by atoms with Crippen molar-refractivity contribution in [3.8, 4) is 11.5 Å². The molecular weight excluding hydrogens is 298 g/mol. The van der Waals surface area contributed by atoms with E-state index >= 15 is 0 Å². The van der Waals surface area contributed by atoms with Crippen LogP contribution in [0.3, 0.4) is 0 Å². The van der Waals surface area contributed by atoms with E-state index in [1.165, 1.54) is 6.42 Å². The number of alkyl carbamates (subject to hydrolysis) is 1. The summed E-state index contributed by atoms with van der Waals surface area (Å²) in [7, 11) is 1.58. The Morgan fingerprint density at radius 2 is 1.83 bits per heavy atom. The SMILES string of the molecule is COc1ccccc1OCC1CNC(=O)O1.O=C1CCCCC1. The number of ketones is 1. The van der Waals surface area contributed by atoms with Crippen molar-refractivity contribution in [1.82, 2.24) is 5.32 Å². The molecule has 1 saturated heterocycles. The number of methoxy groups -OCH3 is 1. The molecule has 1 aliphatic carbocycles. The Kier molecular flexibility index (Phi) is 6.72. The van der Waals surface area contributed by atoms with E-state index in [1.807, 2.05) is 24.3 Å². The van der Waals surface area contributed by atoms with Crippen LogP contribution in [-0.4, -0.2) is 38.2 Å². The van der Waals surface area contributed by atoms with Crippen LogP contribution in [0.2, 0.25) is 0 Å². The molecule has 2 aliphatic rings. The number of Topliss-reactive ketones (excluding diaryl/α,β-unsaturated/α-hetero) is 1. The van der Waals surface area contributed by atoms with Crippen LogP contribution in [0.1, 0.15) is 32.1 Å². The Labute approximate surface area is 136 Å². The zero-order valence-corrected chi connectivity index (χ0v) is 13.4. The molecule has 3 rings (SSSR count). The smallest absolute Gasteiger partial charge is 0.407 e. The molecule has 1 saturated carbocycles. The maximum Gasteiger partial charge on any atom is 0.407 e. The standard InChI is InChI=1S/C11H13NO4.C6H10O/c1-14-9-4-2-3-5-10(9)15-7-8-6-12-11(13)16-8;7-6-4-2-1-3-5-6/h2-5,8H,6-7H2,1H3,(H,12,13);1-5H2. The molecule has 23 heavy (non-hydrogen) atoms. The zero-order valence-electron chi connectivity index (χ0n) is 13.4. The summed E-state index contributed by atoms with van der Waals surface area (Å²) in [6, 6.07) is 7.34. The van der Waals surface area contributed by atoms with Crippen molar-refractivity contribution < 1.29 is 23.8 Å². The van der Waals surface area contributed by atoms with Crippen molar-refractivity contribution in [3.05, 3.63) is 24.3 Å². The highest BCUT2D eigenvalue weighted by molar-refractivity contribution is 5.78. The predicted octanol–water partition coefficient (Wildman–Crippen LogP) is 2.70. The van der Waals surface area contributed by atoms with E-state index in [0.717, 1.165) is 25.7 Å². The summed E-state index contributed by atoms with van der Waals surface area (Å²) in [6.45, 7) is 0.799. The lowest BCUT2D eigenvalue weighted by Gasteiger charge is -2.12. The number of amides is 1. The summed E-state index contributed by atoms with van der Waals surface area (Å²) in [5.41, 5.74) is 0. The van der Waals surface area contributed by atoms with Crippen LogP contribution in [0.4, 0.5) is 4.79 Å². The van der Waals surface area contributed by atoms with Gasteiger partial charge in [0.05, 0.1) is 13.7 Å². The summed E-state index contributed by atoms with van der Waals surface area (Å²) in [4.78, 5) is 21.2. The Morgan fingerprint density at radius 3 is 2.35 bits per heavy atom. The molecule has 0 spiro atoms. The van der Waals surface area contributed by atoms with E-state index in [-0.39, 0.29) is 6.10 Å². The summed E-state index contributed by atoms with van der Waals surface area (Å²) in [5, 5.41) is 2.56. The number of ether oxygens (including phenoxy) is 3. The van der Waals surface area contributed by atoms with Crippen LogP contribution in [0, 0.1) is 0 Å². The monoisotopic (exact) mass is 321 g/mol. The van der Waals surface area contributed by atoms with Gasteiger partial charge >= 0.3 is 6.09 Å². The summed E-state index contributed by atoms with van der Waals surface area (Å²) < 4.78 is 15.6.